The summed E-state index contributed by atoms with van der Waals surface area (Å²) in [5.41, 5.74) is 1.69. The van der Waals surface area contributed by atoms with Crippen molar-refractivity contribution in [2.75, 3.05) is 29.6 Å². The molecule has 9 heteroatoms. The molecule has 0 saturated heterocycles. The highest BCUT2D eigenvalue weighted by Gasteiger charge is 2.30. The molecule has 0 saturated carbocycles. The van der Waals surface area contributed by atoms with Gasteiger partial charge in [-0.25, -0.2) is 9.59 Å². The lowest BCUT2D eigenvalue weighted by Gasteiger charge is -2.17. The van der Waals surface area contributed by atoms with Gasteiger partial charge >= 0.3 is 12.0 Å². The Morgan fingerprint density at radius 3 is 2.08 bits per heavy atom. The third kappa shape index (κ3) is 5.46. The molecule has 3 aromatic carbocycles. The molecule has 1 aromatic heterocycles. The fourth-order valence-corrected chi connectivity index (χ4v) is 3.73. The number of benzene rings is 3. The van der Waals surface area contributed by atoms with Crippen LogP contribution in [0.5, 0.6) is 5.88 Å². The maximum atomic E-state index is 13.3. The van der Waals surface area contributed by atoms with Crippen molar-refractivity contribution in [1.82, 2.24) is 4.73 Å². The van der Waals surface area contributed by atoms with Gasteiger partial charge in [0.25, 0.3) is 0 Å². The predicted octanol–water partition coefficient (Wildman–Crippen LogP) is 5.29. The number of hydrogen-bond acceptors (Lipinski definition) is 6. The van der Waals surface area contributed by atoms with Crippen LogP contribution >= 0.6 is 0 Å². The van der Waals surface area contributed by atoms with Gasteiger partial charge < -0.3 is 25.5 Å². The third-order valence-electron chi connectivity index (χ3n) is 5.85. The Morgan fingerprint density at radius 2 is 1.47 bits per heavy atom. The second-order valence-electron chi connectivity index (χ2n) is 10.1. The summed E-state index contributed by atoms with van der Waals surface area (Å²) in [4.78, 5) is 46.1. The monoisotopic (exact) mass is 514 g/mol. The van der Waals surface area contributed by atoms with Crippen LogP contribution in [0.3, 0.4) is 0 Å². The van der Waals surface area contributed by atoms with Gasteiger partial charge in [-0.05, 0) is 63.2 Å². The molecule has 3 N–H and O–H groups in total. The zero-order valence-corrected chi connectivity index (χ0v) is 21.9. The standard InChI is InChI=1S/C29H30N4O5/c1-29(2,3)27(36)38-33-23-17-20(31-28(37)30-19-11-14-21(15-12-19)32(4)5)13-16-22(23)24(26(33)35)25(34)18-9-7-6-8-10-18/h6-17,35H,1-5H3,(H2,30,31,37). The van der Waals surface area contributed by atoms with E-state index in [0.717, 1.165) is 10.4 Å². The molecule has 196 valence electrons. The normalized spacial score (nSPS) is 11.2. The molecule has 9 nitrogen and oxygen atoms in total. The molecule has 0 aliphatic heterocycles. The van der Waals surface area contributed by atoms with Crippen LogP contribution in [-0.4, -0.2) is 41.7 Å². The first-order valence-electron chi connectivity index (χ1n) is 12.0. The van der Waals surface area contributed by atoms with Crippen molar-refractivity contribution in [2.45, 2.75) is 20.8 Å². The first-order valence-corrected chi connectivity index (χ1v) is 12.0. The van der Waals surface area contributed by atoms with Gasteiger partial charge in [0, 0.05) is 42.1 Å². The Morgan fingerprint density at radius 1 is 0.868 bits per heavy atom. The largest absolute Gasteiger partial charge is 0.492 e. The average Bonchev–Trinajstić information content (AvgIpc) is 3.14. The molecule has 0 aliphatic carbocycles. The van der Waals surface area contributed by atoms with Crippen molar-refractivity contribution in [3.8, 4) is 5.88 Å². The van der Waals surface area contributed by atoms with Gasteiger partial charge in [0.15, 0.2) is 5.78 Å². The lowest BCUT2D eigenvalue weighted by Crippen LogP contribution is -2.31. The Labute approximate surface area is 220 Å². The molecule has 0 atom stereocenters. The van der Waals surface area contributed by atoms with Crippen molar-refractivity contribution in [2.24, 2.45) is 5.41 Å². The van der Waals surface area contributed by atoms with E-state index >= 15 is 0 Å². The smallest absolute Gasteiger partial charge is 0.338 e. The van der Waals surface area contributed by atoms with E-state index in [1.807, 2.05) is 31.1 Å². The molecule has 38 heavy (non-hydrogen) atoms. The van der Waals surface area contributed by atoms with Gasteiger partial charge in [-0.2, -0.15) is 0 Å². The molecule has 4 aromatic rings. The van der Waals surface area contributed by atoms with Crippen molar-refractivity contribution < 1.29 is 24.3 Å². The third-order valence-corrected chi connectivity index (χ3v) is 5.85. The summed E-state index contributed by atoms with van der Waals surface area (Å²) in [6.07, 6.45) is 0. The summed E-state index contributed by atoms with van der Waals surface area (Å²) in [5.74, 6) is -1.55. The van der Waals surface area contributed by atoms with E-state index in [1.54, 1.807) is 75.4 Å². The van der Waals surface area contributed by atoms with E-state index in [2.05, 4.69) is 10.6 Å². The average molecular weight is 515 g/mol. The van der Waals surface area contributed by atoms with Crippen molar-refractivity contribution in [3.05, 3.63) is 83.9 Å². The van der Waals surface area contributed by atoms with Crippen LogP contribution in [0.2, 0.25) is 0 Å². The number of carbonyl (C=O) groups is 3. The summed E-state index contributed by atoms with van der Waals surface area (Å²) in [6, 6.07) is 20.1. The highest BCUT2D eigenvalue weighted by molar-refractivity contribution is 6.18. The van der Waals surface area contributed by atoms with Gasteiger partial charge in [0.1, 0.15) is 0 Å². The van der Waals surface area contributed by atoms with Gasteiger partial charge in [-0.15, -0.1) is 4.73 Å². The molecule has 4 rings (SSSR count). The number of aromatic nitrogens is 1. The number of rotatable bonds is 6. The Balaban J connectivity index is 1.69. The molecule has 0 fully saturated rings. The number of nitrogens with one attached hydrogen (secondary N) is 2. The van der Waals surface area contributed by atoms with E-state index in [1.165, 1.54) is 6.07 Å². The molecule has 0 radical (unpaired) electrons. The Bertz CT molecular complexity index is 1500. The number of anilines is 3. The topological polar surface area (TPSA) is 113 Å². The maximum absolute atomic E-state index is 13.3. The molecule has 0 aliphatic rings. The summed E-state index contributed by atoms with van der Waals surface area (Å²) >= 11 is 0. The minimum Gasteiger partial charge on any atom is -0.492 e. The zero-order valence-electron chi connectivity index (χ0n) is 21.9. The fourth-order valence-electron chi connectivity index (χ4n) is 3.73. The SMILES string of the molecule is CN(C)c1ccc(NC(=O)Nc2ccc3c(C(=O)c4ccccc4)c(O)n(OC(=O)C(C)(C)C)c3c2)cc1. The van der Waals surface area contributed by atoms with Gasteiger partial charge in [-0.3, -0.25) is 4.79 Å². The minimum atomic E-state index is -0.871. The van der Waals surface area contributed by atoms with Gasteiger partial charge in [-0.1, -0.05) is 30.3 Å². The number of urea groups is 1. The van der Waals surface area contributed by atoms with Crippen LogP contribution < -0.4 is 20.4 Å². The van der Waals surface area contributed by atoms with E-state index in [9.17, 15) is 19.5 Å². The quantitative estimate of drug-likeness (QED) is 0.302. The Hall–Kier alpha value is -4.79. The minimum absolute atomic E-state index is 0.00936. The van der Waals surface area contributed by atoms with Gasteiger partial charge in [0.05, 0.1) is 16.5 Å². The van der Waals surface area contributed by atoms with Crippen LogP contribution in [0, 0.1) is 5.41 Å². The number of fused-ring (bicyclic) bond motifs is 1. The highest BCUT2D eigenvalue weighted by atomic mass is 16.7. The molecule has 0 bridgehead atoms. The summed E-state index contributed by atoms with van der Waals surface area (Å²) < 4.78 is 0.933. The molecule has 0 spiro atoms. The molecule has 1 heterocycles. The molecule has 2 amide bonds. The number of ketones is 1. The number of aromatic hydroxyl groups is 1. The van der Waals surface area contributed by atoms with Gasteiger partial charge in [0.2, 0.25) is 5.88 Å². The van der Waals surface area contributed by atoms with E-state index in [0.29, 0.717) is 22.3 Å². The maximum Gasteiger partial charge on any atom is 0.338 e. The number of hydrogen-bond donors (Lipinski definition) is 3. The highest BCUT2D eigenvalue weighted by Crippen LogP contribution is 2.34. The zero-order chi connectivity index (χ0) is 27.6. The van der Waals surface area contributed by atoms with Crippen LogP contribution in [0.25, 0.3) is 10.9 Å². The Kier molecular flexibility index (Phi) is 7.12. The summed E-state index contributed by atoms with van der Waals surface area (Å²) in [5, 5.41) is 16.9. The van der Waals surface area contributed by atoms with Crippen LogP contribution in [0.15, 0.2) is 72.8 Å². The van der Waals surface area contributed by atoms with E-state index in [-0.39, 0.29) is 11.1 Å². The van der Waals surface area contributed by atoms with Crippen LogP contribution in [0.4, 0.5) is 21.9 Å². The van der Waals surface area contributed by atoms with Crippen LogP contribution in [0.1, 0.15) is 36.7 Å². The lowest BCUT2D eigenvalue weighted by molar-refractivity contribution is -0.153. The molecular weight excluding hydrogens is 484 g/mol. The van der Waals surface area contributed by atoms with E-state index < -0.39 is 29.1 Å². The number of carbonyl (C=O) groups excluding carboxylic acids is 3. The summed E-state index contributed by atoms with van der Waals surface area (Å²) in [6.45, 7) is 5.03. The predicted molar refractivity (Wildman–Crippen MR) is 148 cm³/mol. The van der Waals surface area contributed by atoms with Crippen LogP contribution in [-0.2, 0) is 4.79 Å². The van der Waals surface area contributed by atoms with Crippen molar-refractivity contribution in [3.63, 3.8) is 0 Å². The van der Waals surface area contributed by atoms with Crippen molar-refractivity contribution in [1.29, 1.82) is 0 Å². The summed E-state index contributed by atoms with van der Waals surface area (Å²) in [7, 11) is 3.85. The molecule has 0 unspecified atom stereocenters. The fraction of sp³-hybridized carbons (Fsp3) is 0.207. The van der Waals surface area contributed by atoms with E-state index in [4.69, 9.17) is 4.84 Å². The second-order valence-corrected chi connectivity index (χ2v) is 10.1. The number of amides is 2. The first kappa shape index (κ1) is 26.3. The second kappa shape index (κ2) is 10.3. The molecular formula is C29H30N4O5. The number of nitrogens with zero attached hydrogens (tertiary/aromatic N) is 2. The lowest BCUT2D eigenvalue weighted by atomic mass is 9.98. The first-order chi connectivity index (χ1) is 18.0. The van der Waals surface area contributed by atoms with Crippen molar-refractivity contribution >= 4 is 45.7 Å².